The van der Waals surface area contributed by atoms with Gasteiger partial charge in [-0.05, 0) is 0 Å². The number of hydrogen-bond donors (Lipinski definition) is 0. The molecule has 0 aliphatic carbocycles. The Morgan fingerprint density at radius 2 is 0.344 bits per heavy atom. The first-order valence-corrected chi connectivity index (χ1v) is 15.4. The zero-order chi connectivity index (χ0) is 24.5. The lowest BCUT2D eigenvalue weighted by Gasteiger charge is -2.04. The van der Waals surface area contributed by atoms with Crippen LogP contribution in [0.5, 0.6) is 0 Å². The average molecular weight is 456 g/mol. The molecule has 0 aromatic carbocycles. The van der Waals surface area contributed by atoms with Gasteiger partial charge in [0.1, 0.15) is 0 Å². The van der Waals surface area contributed by atoms with Gasteiger partial charge in [-0.25, -0.2) is 0 Å². The van der Waals surface area contributed by atoms with Crippen LogP contribution in [0.25, 0.3) is 0 Å². The van der Waals surface area contributed by atoms with Crippen molar-refractivity contribution < 1.29 is 6.91 Å². The summed E-state index contributed by atoms with van der Waals surface area (Å²) >= 11 is 0. The Bertz CT molecular complexity index is 267. The van der Waals surface area contributed by atoms with E-state index in [4.69, 9.17) is 6.91 Å². The van der Waals surface area contributed by atoms with Crippen molar-refractivity contribution in [3.8, 4) is 0 Å². The van der Waals surface area contributed by atoms with E-state index in [0.29, 0.717) is 0 Å². The van der Waals surface area contributed by atoms with Crippen molar-refractivity contribution in [2.24, 2.45) is 0 Å². The van der Waals surface area contributed by atoms with E-state index in [-0.39, 0.29) is 0 Å². The molecule has 196 valence electrons. The van der Waals surface area contributed by atoms with E-state index in [1.54, 1.807) is 0 Å². The van der Waals surface area contributed by atoms with Gasteiger partial charge in [0.25, 0.3) is 0 Å². The van der Waals surface area contributed by atoms with Gasteiger partial charge in [0, 0.05) is 0 Å². The molecule has 0 amide bonds. The molecule has 0 saturated heterocycles. The van der Waals surface area contributed by atoms with Gasteiger partial charge in [-0.1, -0.05) is 200 Å². The van der Waals surface area contributed by atoms with E-state index in [0.717, 1.165) is 0 Å². The number of rotatable bonds is 28. The lowest BCUT2D eigenvalue weighted by atomic mass is 10.0. The lowest BCUT2D eigenvalue weighted by molar-refractivity contribution is 0.514. The fourth-order valence-corrected chi connectivity index (χ4v) is 4.92. The van der Waals surface area contributed by atoms with Gasteiger partial charge in [0.2, 0.25) is 1.43 Å². The standard InChI is InChI=1S/C31H64.H2O/c1-3-5-7-9-11-13-15-17-19-21-23-25-27-29-31-30-28-26-24-22-20-18-16-14-12-10-8-6-4-2;/h3-31H2,1-2H3;1H2/i/hD. The lowest BCUT2D eigenvalue weighted by Crippen LogP contribution is -1.85. The molecular weight excluding hydrogens is 388 g/mol. The van der Waals surface area contributed by atoms with E-state index in [1.807, 2.05) is 0 Å². The summed E-state index contributed by atoms with van der Waals surface area (Å²) in [6.45, 7) is 4.61. The first-order valence-electron chi connectivity index (χ1n) is 15.9. The topological polar surface area (TPSA) is 31.5 Å². The quantitative estimate of drug-likeness (QED) is 0.105. The molecule has 1 nitrogen and oxygen atoms in total. The summed E-state index contributed by atoms with van der Waals surface area (Å²) in [5.74, 6) is 0. The molecule has 1 heteroatoms. The van der Waals surface area contributed by atoms with Gasteiger partial charge in [0.05, 0.1) is 0 Å². The summed E-state index contributed by atoms with van der Waals surface area (Å²) in [5.41, 5.74) is 6.25. The summed E-state index contributed by atoms with van der Waals surface area (Å²) in [6.07, 6.45) is 42.9. The molecule has 0 heterocycles. The van der Waals surface area contributed by atoms with E-state index < -0.39 is 0 Å². The predicted octanol–water partition coefficient (Wildman–Crippen LogP) is 11.5. The van der Waals surface area contributed by atoms with Crippen LogP contribution in [-0.4, -0.2) is 5.48 Å². The van der Waals surface area contributed by atoms with Gasteiger partial charge in [-0.15, -0.1) is 0 Å². The van der Waals surface area contributed by atoms with Crippen LogP contribution >= 0.6 is 0 Å². The molecule has 0 spiro atoms. The second kappa shape index (κ2) is 33.1. The zero-order valence-corrected chi connectivity index (χ0v) is 23.0. The van der Waals surface area contributed by atoms with E-state index in [1.165, 1.54) is 186 Å². The summed E-state index contributed by atoms with van der Waals surface area (Å²) in [6, 6.07) is 0. The molecule has 0 radical (unpaired) electrons. The highest BCUT2D eigenvalue weighted by atomic mass is 16.0. The summed E-state index contributed by atoms with van der Waals surface area (Å²) in [7, 11) is 0. The maximum atomic E-state index is 6.25. The van der Waals surface area contributed by atoms with Crippen molar-refractivity contribution in [3.63, 3.8) is 0 Å². The van der Waals surface area contributed by atoms with Crippen LogP contribution in [0.15, 0.2) is 0 Å². The van der Waals surface area contributed by atoms with E-state index in [2.05, 4.69) is 13.8 Å². The molecule has 0 saturated carbocycles. The second-order valence-corrected chi connectivity index (χ2v) is 10.5. The van der Waals surface area contributed by atoms with Crippen molar-refractivity contribution in [2.75, 3.05) is 0 Å². The Morgan fingerprint density at radius 3 is 0.438 bits per heavy atom. The Labute approximate surface area is 207 Å². The number of unbranched alkanes of at least 4 members (excludes halogenated alkanes) is 28. The van der Waals surface area contributed by atoms with Crippen LogP contribution < -0.4 is 0 Å². The Hall–Kier alpha value is -0.0400. The van der Waals surface area contributed by atoms with Crippen LogP contribution in [-0.2, 0) is 0 Å². The largest absolute Gasteiger partial charge is 0.412 e. The minimum absolute atomic E-state index is 1.37. The predicted molar refractivity (Wildman–Crippen MR) is 149 cm³/mol. The zero-order valence-electron chi connectivity index (χ0n) is 24.0. The van der Waals surface area contributed by atoms with E-state index >= 15 is 0 Å². The summed E-state index contributed by atoms with van der Waals surface area (Å²) in [5, 5.41) is 0. The Balaban J connectivity index is 0. The fraction of sp³-hybridized carbons (Fsp3) is 1.00. The van der Waals surface area contributed by atoms with Crippen molar-refractivity contribution in [3.05, 3.63) is 0 Å². The first kappa shape index (κ1) is 32.0. The Morgan fingerprint density at radius 1 is 0.250 bits per heavy atom. The second-order valence-electron chi connectivity index (χ2n) is 10.5. The molecule has 0 aromatic rings. The smallest absolute Gasteiger partial charge is 0.206 e. The molecule has 0 aromatic heterocycles. The minimum atomic E-state index is 1.37. The Kier molecular flexibility index (Phi) is 33.1. The number of hydrogen-bond acceptors (Lipinski definition) is 0. The highest BCUT2D eigenvalue weighted by molar-refractivity contribution is 4.52. The summed E-state index contributed by atoms with van der Waals surface area (Å²) < 4.78 is 4.75. The molecule has 0 atom stereocenters. The van der Waals surface area contributed by atoms with Crippen molar-refractivity contribution in [2.45, 2.75) is 200 Å². The van der Waals surface area contributed by atoms with Gasteiger partial charge in [-0.2, -0.15) is 0 Å². The van der Waals surface area contributed by atoms with Crippen LogP contribution in [0.2, 0.25) is 0 Å². The third kappa shape index (κ3) is 32.1. The minimum Gasteiger partial charge on any atom is -0.412 e. The van der Waals surface area contributed by atoms with Crippen LogP contribution in [0.4, 0.5) is 0 Å². The summed E-state index contributed by atoms with van der Waals surface area (Å²) in [4.78, 5) is 0. The molecule has 0 unspecified atom stereocenters. The van der Waals surface area contributed by atoms with Gasteiger partial charge in [-0.3, -0.25) is 0 Å². The first-order chi connectivity index (χ1) is 16.4. The van der Waals surface area contributed by atoms with Crippen molar-refractivity contribution >= 4 is 0 Å². The molecule has 0 aliphatic heterocycles. The monoisotopic (exact) mass is 456 g/mol. The van der Waals surface area contributed by atoms with Gasteiger partial charge >= 0.3 is 0 Å². The van der Waals surface area contributed by atoms with Crippen LogP contribution in [0.3, 0.4) is 0 Å². The third-order valence-corrected chi connectivity index (χ3v) is 7.21. The van der Waals surface area contributed by atoms with Gasteiger partial charge in [0.15, 0.2) is 0 Å². The van der Waals surface area contributed by atoms with Crippen LogP contribution in [0.1, 0.15) is 201 Å². The normalized spacial score (nSPS) is 11.3. The third-order valence-electron chi connectivity index (χ3n) is 7.21. The molecular formula is C31H66O. The van der Waals surface area contributed by atoms with Gasteiger partial charge < -0.3 is 5.48 Å². The molecule has 2 N–H and O–H groups in total. The fourth-order valence-electron chi connectivity index (χ4n) is 4.92. The molecule has 32 heavy (non-hydrogen) atoms. The molecule has 0 aliphatic rings. The molecule has 0 fully saturated rings. The highest BCUT2D eigenvalue weighted by Gasteiger charge is 1.96. The SMILES string of the molecule is CCCCCCCCCCCCCCCCCCCCCCCCCCCCCCC.[2H]O. The highest BCUT2D eigenvalue weighted by Crippen LogP contribution is 2.16. The molecule has 0 bridgehead atoms. The molecule has 0 rings (SSSR count). The van der Waals surface area contributed by atoms with Crippen molar-refractivity contribution in [1.82, 2.24) is 0 Å². The van der Waals surface area contributed by atoms with Crippen LogP contribution in [0, 0.1) is 0 Å². The maximum Gasteiger partial charge on any atom is 0.206 e. The maximum absolute atomic E-state index is 6.25. The average Bonchev–Trinajstić information content (AvgIpc) is 2.85. The van der Waals surface area contributed by atoms with Crippen molar-refractivity contribution in [1.29, 1.82) is 0 Å². The van der Waals surface area contributed by atoms with E-state index in [9.17, 15) is 0 Å².